The lowest BCUT2D eigenvalue weighted by atomic mass is 9.68. The monoisotopic (exact) mass is 256 g/mol. The van der Waals surface area contributed by atoms with Crippen LogP contribution in [0.4, 0.5) is 0 Å². The summed E-state index contributed by atoms with van der Waals surface area (Å²) >= 11 is 0. The number of nitrogens with zero attached hydrogens (tertiary/aromatic N) is 2. The smallest absolute Gasteiger partial charge is 0.284 e. The Labute approximate surface area is 112 Å². The predicted molar refractivity (Wildman–Crippen MR) is 71.1 cm³/mol. The Morgan fingerprint density at radius 2 is 2.11 bits per heavy atom. The first-order chi connectivity index (χ1) is 9.11. The van der Waals surface area contributed by atoms with Crippen LogP contribution < -0.4 is 0 Å². The third-order valence-electron chi connectivity index (χ3n) is 3.86. The third kappa shape index (κ3) is 1.78. The lowest BCUT2D eigenvalue weighted by Crippen LogP contribution is -2.54. The Bertz CT molecular complexity index is 560. The average Bonchev–Trinajstić information content (AvgIpc) is 2.85. The SMILES string of the molecule is [C-]#[N+]C1(c2ncccc2C(=C)C)CC2(C1)OCCO2. The Hall–Kier alpha value is -1.70. The molecule has 1 aromatic rings. The van der Waals surface area contributed by atoms with Crippen LogP contribution in [0, 0.1) is 6.57 Å². The van der Waals surface area contributed by atoms with Crippen LogP contribution in [-0.4, -0.2) is 24.0 Å². The van der Waals surface area contributed by atoms with Crippen molar-refractivity contribution in [3.05, 3.63) is 47.6 Å². The molecule has 4 heteroatoms. The molecule has 1 saturated carbocycles. The number of pyridine rings is 1. The molecule has 2 aliphatic rings. The molecule has 98 valence electrons. The van der Waals surface area contributed by atoms with E-state index in [4.69, 9.17) is 16.0 Å². The Balaban J connectivity index is 1.97. The van der Waals surface area contributed by atoms with Gasteiger partial charge in [0.05, 0.1) is 26.1 Å². The lowest BCUT2D eigenvalue weighted by molar-refractivity contribution is -0.232. The van der Waals surface area contributed by atoms with Crippen molar-refractivity contribution in [1.82, 2.24) is 4.98 Å². The maximum absolute atomic E-state index is 7.57. The summed E-state index contributed by atoms with van der Waals surface area (Å²) in [4.78, 5) is 8.28. The molecule has 3 rings (SSSR count). The summed E-state index contributed by atoms with van der Waals surface area (Å²) in [6.45, 7) is 14.7. The van der Waals surface area contributed by atoms with Crippen molar-refractivity contribution in [3.8, 4) is 0 Å². The van der Waals surface area contributed by atoms with E-state index in [-0.39, 0.29) is 0 Å². The van der Waals surface area contributed by atoms with E-state index in [1.807, 2.05) is 19.1 Å². The van der Waals surface area contributed by atoms with Gasteiger partial charge in [0.2, 0.25) is 0 Å². The molecule has 0 amide bonds. The largest absolute Gasteiger partial charge is 0.347 e. The fourth-order valence-corrected chi connectivity index (χ4v) is 2.96. The highest BCUT2D eigenvalue weighted by Gasteiger charge is 2.66. The predicted octanol–water partition coefficient (Wildman–Crippen LogP) is 2.77. The van der Waals surface area contributed by atoms with E-state index in [9.17, 15) is 0 Å². The molecule has 0 N–H and O–H groups in total. The second kappa shape index (κ2) is 4.16. The fourth-order valence-electron chi connectivity index (χ4n) is 2.96. The van der Waals surface area contributed by atoms with Gasteiger partial charge in [-0.05, 0) is 18.6 Å². The van der Waals surface area contributed by atoms with Crippen LogP contribution in [0.5, 0.6) is 0 Å². The van der Waals surface area contributed by atoms with Gasteiger partial charge in [-0.25, -0.2) is 6.57 Å². The van der Waals surface area contributed by atoms with Gasteiger partial charge in [-0.3, -0.25) is 4.98 Å². The second-order valence-electron chi connectivity index (χ2n) is 5.28. The molecular weight excluding hydrogens is 240 g/mol. The van der Waals surface area contributed by atoms with Gasteiger partial charge in [0.25, 0.3) is 5.54 Å². The minimum absolute atomic E-state index is 0.547. The number of allylic oxidation sites excluding steroid dienone is 1. The molecule has 1 aliphatic heterocycles. The van der Waals surface area contributed by atoms with Gasteiger partial charge >= 0.3 is 0 Å². The van der Waals surface area contributed by atoms with Crippen molar-refractivity contribution in [2.45, 2.75) is 31.1 Å². The molecule has 1 aliphatic carbocycles. The number of ether oxygens (including phenoxy) is 2. The Morgan fingerprint density at radius 1 is 1.42 bits per heavy atom. The van der Waals surface area contributed by atoms with Gasteiger partial charge < -0.3 is 14.3 Å². The summed E-state index contributed by atoms with van der Waals surface area (Å²) in [5.41, 5.74) is 2.08. The molecule has 0 unspecified atom stereocenters. The molecule has 19 heavy (non-hydrogen) atoms. The number of hydrogen-bond acceptors (Lipinski definition) is 3. The highest BCUT2D eigenvalue weighted by atomic mass is 16.7. The van der Waals surface area contributed by atoms with Crippen molar-refractivity contribution in [2.24, 2.45) is 0 Å². The van der Waals surface area contributed by atoms with Crippen molar-refractivity contribution < 1.29 is 9.47 Å². The zero-order valence-corrected chi connectivity index (χ0v) is 11.0. The molecule has 1 saturated heterocycles. The molecule has 2 fully saturated rings. The first kappa shape index (κ1) is 12.3. The van der Waals surface area contributed by atoms with E-state index < -0.39 is 11.3 Å². The quantitative estimate of drug-likeness (QED) is 0.763. The van der Waals surface area contributed by atoms with Gasteiger partial charge in [0.15, 0.2) is 5.79 Å². The molecule has 1 spiro atoms. The van der Waals surface area contributed by atoms with Crippen LogP contribution in [0.25, 0.3) is 10.4 Å². The molecule has 2 heterocycles. The number of hydrogen-bond donors (Lipinski definition) is 0. The molecule has 0 bridgehead atoms. The standard InChI is InChI=1S/C15H16N2O2/c1-11(2)12-5-4-6-17-13(12)14(16-3)9-15(10-14)18-7-8-19-15/h4-6H,1,7-10H2,2H3. The first-order valence-electron chi connectivity index (χ1n) is 6.39. The maximum atomic E-state index is 7.57. The van der Waals surface area contributed by atoms with Gasteiger partial charge in [0, 0.05) is 11.8 Å². The summed E-state index contributed by atoms with van der Waals surface area (Å²) in [6.07, 6.45) is 2.84. The van der Waals surface area contributed by atoms with E-state index in [0.29, 0.717) is 26.1 Å². The summed E-state index contributed by atoms with van der Waals surface area (Å²) in [6, 6.07) is 3.85. The third-order valence-corrected chi connectivity index (χ3v) is 3.86. The first-order valence-corrected chi connectivity index (χ1v) is 6.39. The van der Waals surface area contributed by atoms with Crippen LogP contribution in [-0.2, 0) is 15.0 Å². The van der Waals surface area contributed by atoms with E-state index >= 15 is 0 Å². The van der Waals surface area contributed by atoms with Gasteiger partial charge in [0.1, 0.15) is 5.69 Å². The lowest BCUT2D eigenvalue weighted by Gasteiger charge is -2.44. The Morgan fingerprint density at radius 3 is 2.68 bits per heavy atom. The molecule has 0 aromatic carbocycles. The Kier molecular flexibility index (Phi) is 2.70. The molecule has 4 nitrogen and oxygen atoms in total. The van der Waals surface area contributed by atoms with Crippen LogP contribution in [0.1, 0.15) is 31.0 Å². The average molecular weight is 256 g/mol. The van der Waals surface area contributed by atoms with Crippen LogP contribution >= 0.6 is 0 Å². The number of aromatic nitrogens is 1. The molecule has 0 atom stereocenters. The van der Waals surface area contributed by atoms with Crippen molar-refractivity contribution >= 4 is 5.57 Å². The molecule has 1 aromatic heterocycles. The normalized spacial score (nSPS) is 22.7. The van der Waals surface area contributed by atoms with E-state index in [1.54, 1.807) is 6.20 Å². The van der Waals surface area contributed by atoms with Crippen molar-refractivity contribution in [2.75, 3.05) is 13.2 Å². The minimum Gasteiger partial charge on any atom is -0.347 e. The minimum atomic E-state index is -0.625. The van der Waals surface area contributed by atoms with Gasteiger partial charge in [-0.2, -0.15) is 0 Å². The van der Waals surface area contributed by atoms with Gasteiger partial charge in [-0.1, -0.05) is 12.6 Å². The second-order valence-corrected chi connectivity index (χ2v) is 5.28. The highest BCUT2D eigenvalue weighted by Crippen LogP contribution is 2.55. The zero-order valence-electron chi connectivity index (χ0n) is 11.0. The van der Waals surface area contributed by atoms with E-state index in [0.717, 1.165) is 16.8 Å². The van der Waals surface area contributed by atoms with Crippen LogP contribution in [0.3, 0.4) is 0 Å². The maximum Gasteiger partial charge on any atom is 0.284 e. The highest BCUT2D eigenvalue weighted by molar-refractivity contribution is 5.65. The summed E-state index contributed by atoms with van der Waals surface area (Å²) < 4.78 is 11.3. The summed E-state index contributed by atoms with van der Waals surface area (Å²) in [5.74, 6) is -0.547. The van der Waals surface area contributed by atoms with Crippen molar-refractivity contribution in [3.63, 3.8) is 0 Å². The zero-order chi connectivity index (χ0) is 13.5. The molecule has 0 radical (unpaired) electrons. The molecular formula is C15H16N2O2. The number of rotatable bonds is 2. The van der Waals surface area contributed by atoms with Crippen LogP contribution in [0.15, 0.2) is 24.9 Å². The summed E-state index contributed by atoms with van der Waals surface area (Å²) in [5, 5.41) is 0. The topological polar surface area (TPSA) is 35.7 Å². The van der Waals surface area contributed by atoms with Crippen molar-refractivity contribution in [1.29, 1.82) is 0 Å². The fraction of sp³-hybridized carbons (Fsp3) is 0.467. The van der Waals surface area contributed by atoms with E-state index in [2.05, 4.69) is 16.4 Å². The van der Waals surface area contributed by atoms with E-state index in [1.165, 1.54) is 0 Å². The summed E-state index contributed by atoms with van der Waals surface area (Å²) in [7, 11) is 0. The van der Waals surface area contributed by atoms with Gasteiger partial charge in [-0.15, -0.1) is 0 Å². The van der Waals surface area contributed by atoms with Crippen LogP contribution in [0.2, 0.25) is 0 Å².